The second kappa shape index (κ2) is 21.0. The number of nitrogens with zero attached hydrogens (tertiary/aromatic N) is 6. The molecule has 30 nitrogen and oxygen atoms in total. The van der Waals surface area contributed by atoms with Gasteiger partial charge in [0, 0.05) is 34.9 Å². The van der Waals surface area contributed by atoms with Crippen LogP contribution in [0, 0.1) is 13.8 Å². The van der Waals surface area contributed by atoms with Crippen LogP contribution in [0.25, 0.3) is 10.8 Å². The maximum Gasteiger partial charge on any atom is 0.326 e. The molecule has 0 aliphatic carbocycles. The zero-order valence-electron chi connectivity index (χ0n) is 33.8. The Morgan fingerprint density at radius 2 is 1.16 bits per heavy atom. The first-order valence-electron chi connectivity index (χ1n) is 17.9. The van der Waals surface area contributed by atoms with Crippen LogP contribution in [0.15, 0.2) is 110 Å². The van der Waals surface area contributed by atoms with Crippen LogP contribution in [0.2, 0.25) is 0 Å². The molecule has 68 heavy (non-hydrogen) atoms. The largest absolute Gasteiger partial charge is 0.505 e. The van der Waals surface area contributed by atoms with E-state index in [4.69, 9.17) is 16.2 Å². The van der Waals surface area contributed by atoms with E-state index in [1.165, 1.54) is 32.0 Å². The Morgan fingerprint density at radius 3 is 1.69 bits per heavy atom. The SMILES string of the molecule is Cc1cc(=O)[nH]c(NC(=O)Nc2ccc(SOOO)c(N=Nc3c(S(=O)(=O)O)cc4cc(SOOO)c(N=Nc5cc(NC(=O)Nc6nc(C)cc(=O)[nH]6)ccc5S(=O)(=O)O)c(O)c4c3N)c2)n1. The molecule has 0 spiro atoms. The lowest BCUT2D eigenvalue weighted by Gasteiger charge is -2.14. The summed E-state index contributed by atoms with van der Waals surface area (Å²) in [5.41, 5.74) is 2.60. The average molecular weight is 1020 g/mol. The zero-order chi connectivity index (χ0) is 49.5. The molecule has 0 fully saturated rings. The molecule has 6 aromatic rings. The Bertz CT molecular complexity index is 3390. The van der Waals surface area contributed by atoms with Crippen LogP contribution >= 0.6 is 24.1 Å². The lowest BCUT2D eigenvalue weighted by Crippen LogP contribution is -2.23. The number of urea groups is 2. The van der Waals surface area contributed by atoms with Crippen molar-refractivity contribution in [3.8, 4) is 5.75 Å². The number of H-pyrrole nitrogens is 2. The summed E-state index contributed by atoms with van der Waals surface area (Å²) < 4.78 is 79.6. The van der Waals surface area contributed by atoms with E-state index < -0.39 is 87.1 Å². The van der Waals surface area contributed by atoms with Crippen LogP contribution in [0.5, 0.6) is 5.75 Å². The number of anilines is 5. The van der Waals surface area contributed by atoms with Crippen molar-refractivity contribution >= 4 is 119 Å². The van der Waals surface area contributed by atoms with Gasteiger partial charge in [-0.2, -0.15) is 16.8 Å². The Kier molecular flexibility index (Phi) is 15.4. The van der Waals surface area contributed by atoms with Crippen molar-refractivity contribution in [3.63, 3.8) is 0 Å². The van der Waals surface area contributed by atoms with Crippen molar-refractivity contribution in [1.82, 2.24) is 19.9 Å². The molecule has 0 bridgehead atoms. The second-order valence-electron chi connectivity index (χ2n) is 13.1. The number of aromatic amines is 2. The predicted molar refractivity (Wildman–Crippen MR) is 237 cm³/mol. The highest BCUT2D eigenvalue weighted by atomic mass is 32.2. The third kappa shape index (κ3) is 12.5. The van der Waals surface area contributed by atoms with E-state index in [2.05, 4.69) is 80.4 Å². The summed E-state index contributed by atoms with van der Waals surface area (Å²) in [5.74, 6) is -1.40. The molecule has 0 radical (unpaired) electrons. The Hall–Kier alpha value is -7.48. The highest BCUT2D eigenvalue weighted by molar-refractivity contribution is 7.95. The molecule has 0 saturated carbocycles. The normalized spacial score (nSPS) is 11.9. The number of azo groups is 2. The number of benzene rings is 4. The summed E-state index contributed by atoms with van der Waals surface area (Å²) in [6.07, 6.45) is 0. The van der Waals surface area contributed by atoms with Gasteiger partial charge >= 0.3 is 12.1 Å². The van der Waals surface area contributed by atoms with Gasteiger partial charge in [0.1, 0.15) is 32.5 Å². The van der Waals surface area contributed by atoms with Crippen LogP contribution in [0.4, 0.5) is 61.3 Å². The van der Waals surface area contributed by atoms with Crippen molar-refractivity contribution in [2.45, 2.75) is 33.4 Å². The molecule has 0 unspecified atom stereocenters. The molecule has 0 aliphatic heterocycles. The predicted octanol–water partition coefficient (Wildman–Crippen LogP) is 6.38. The number of hydrogen-bond donors (Lipinski definition) is 12. The molecule has 2 heterocycles. The first kappa shape index (κ1) is 49.9. The van der Waals surface area contributed by atoms with Crippen molar-refractivity contribution in [2.75, 3.05) is 27.0 Å². The quantitative estimate of drug-likeness (QED) is 0.0125. The number of nitrogens with one attached hydrogen (secondary N) is 6. The van der Waals surface area contributed by atoms with E-state index in [1.54, 1.807) is 0 Å². The smallest absolute Gasteiger partial charge is 0.326 e. The third-order valence-electron chi connectivity index (χ3n) is 8.33. The van der Waals surface area contributed by atoms with Gasteiger partial charge in [0.05, 0.1) is 45.0 Å². The van der Waals surface area contributed by atoms with E-state index in [0.717, 1.165) is 42.5 Å². The highest BCUT2D eigenvalue weighted by Gasteiger charge is 2.26. The van der Waals surface area contributed by atoms with E-state index in [9.17, 15) is 50.2 Å². The van der Waals surface area contributed by atoms with Crippen LogP contribution < -0.4 is 38.1 Å². The number of aryl methyl sites for hydroxylation is 2. The molecule has 2 aromatic heterocycles. The van der Waals surface area contributed by atoms with Crippen molar-refractivity contribution in [2.24, 2.45) is 20.5 Å². The van der Waals surface area contributed by atoms with E-state index >= 15 is 0 Å². The molecule has 356 valence electrons. The van der Waals surface area contributed by atoms with Gasteiger partial charge in [-0.1, -0.05) is 10.1 Å². The van der Waals surface area contributed by atoms with Gasteiger partial charge < -0.3 is 21.5 Å². The van der Waals surface area contributed by atoms with Crippen molar-refractivity contribution < 1.29 is 69.9 Å². The number of rotatable bonds is 16. The van der Waals surface area contributed by atoms with Gasteiger partial charge in [0.2, 0.25) is 11.9 Å². The van der Waals surface area contributed by atoms with Crippen LogP contribution in [0.1, 0.15) is 11.4 Å². The number of phenolic OH excluding ortho intramolecular Hbond substituents is 1. The second-order valence-corrected chi connectivity index (χ2v) is 17.4. The summed E-state index contributed by atoms with van der Waals surface area (Å²) in [4.78, 5) is 59.4. The minimum atomic E-state index is -5.26. The number of amides is 4. The zero-order valence-corrected chi connectivity index (χ0v) is 37.1. The summed E-state index contributed by atoms with van der Waals surface area (Å²) in [7, 11) is -10.3. The standard InChI is InChI=1S/C34H29N13O17S4/c1-13-7-24(48)40-31(36-13)42-33(51)38-16-3-5-20(65-63-61-53)18(11-16)44-47-29-23(68(58,59)60)10-15-9-21(66-64-62-54)28(30(50)26(15)27(29)35)46-45-19-12-17(4-6-22(19)67(55,56)57)39-34(52)43-32-37-14(2)8-25(49)41-32/h3-12,50,53-54H,35H2,1-2H3,(H,55,56,57)(H,58,59,60)(H3,36,38,40,42,48,51)(H3,37,39,41,43,49,52). The van der Waals surface area contributed by atoms with Gasteiger partial charge in [-0.15, -0.1) is 29.1 Å². The minimum Gasteiger partial charge on any atom is -0.505 e. The molecule has 0 aliphatic rings. The van der Waals surface area contributed by atoms with Crippen LogP contribution in [-0.2, 0) is 39.0 Å². The maximum absolute atomic E-state index is 12.8. The first-order valence-corrected chi connectivity index (χ1v) is 22.3. The fourth-order valence-corrected chi connectivity index (χ4v) is 7.92. The third-order valence-corrected chi connectivity index (χ3v) is 11.4. The fourth-order valence-electron chi connectivity index (χ4n) is 5.73. The van der Waals surface area contributed by atoms with Gasteiger partial charge in [0.15, 0.2) is 5.75 Å². The lowest BCUT2D eigenvalue weighted by molar-refractivity contribution is -0.432. The first-order chi connectivity index (χ1) is 32.1. The van der Waals surface area contributed by atoms with E-state index in [-0.39, 0.29) is 61.9 Å². The maximum atomic E-state index is 12.8. The molecule has 4 amide bonds. The summed E-state index contributed by atoms with van der Waals surface area (Å²) in [5, 5.41) is 61.0. The Morgan fingerprint density at radius 1 is 0.662 bits per heavy atom. The summed E-state index contributed by atoms with van der Waals surface area (Å²) in [6, 6.07) is 8.83. The topological polar surface area (TPSA) is 456 Å². The Balaban J connectivity index is 1.43. The number of nitrogen functional groups attached to an aromatic ring is 1. The summed E-state index contributed by atoms with van der Waals surface area (Å²) >= 11 is 0.497. The number of aromatic nitrogens is 4. The van der Waals surface area contributed by atoms with Crippen LogP contribution in [0.3, 0.4) is 0 Å². The van der Waals surface area contributed by atoms with Gasteiger partial charge in [-0.25, -0.2) is 30.1 Å². The number of hydrogen-bond acceptors (Lipinski definition) is 24. The number of carbonyl (C=O) groups is 2. The Labute approximate surface area is 386 Å². The van der Waals surface area contributed by atoms with Crippen LogP contribution in [-0.4, -0.2) is 73.6 Å². The molecular formula is C34H29N13O17S4. The molecule has 0 atom stereocenters. The molecule has 0 saturated heterocycles. The van der Waals surface area contributed by atoms with Gasteiger partial charge in [0.25, 0.3) is 31.4 Å². The highest BCUT2D eigenvalue weighted by Crippen LogP contribution is 2.50. The van der Waals surface area contributed by atoms with E-state index in [1.807, 2.05) is 0 Å². The molecule has 34 heteroatoms. The molecule has 13 N–H and O–H groups in total. The van der Waals surface area contributed by atoms with Gasteiger partial charge in [-0.3, -0.25) is 39.3 Å². The molecule has 4 aromatic carbocycles. The fraction of sp³-hybridized carbons (Fsp3) is 0.0588. The van der Waals surface area contributed by atoms with Crippen molar-refractivity contribution in [1.29, 1.82) is 0 Å². The number of phenols is 1. The number of aromatic hydroxyl groups is 1. The molecule has 6 rings (SSSR count). The summed E-state index contributed by atoms with van der Waals surface area (Å²) in [6.45, 7) is 3.01. The average Bonchev–Trinajstić information content (AvgIpc) is 3.23. The van der Waals surface area contributed by atoms with Gasteiger partial charge in [-0.05, 0) is 67.8 Å². The minimum absolute atomic E-state index is 0.00619. The number of fused-ring (bicyclic) bond motifs is 1. The molecular weight excluding hydrogens is 991 g/mol. The number of nitrogens with two attached hydrogens (primary N) is 1. The van der Waals surface area contributed by atoms with E-state index in [0.29, 0.717) is 17.7 Å². The monoisotopic (exact) mass is 1020 g/mol. The number of carbonyl (C=O) groups excluding carboxylic acids is 2. The lowest BCUT2D eigenvalue weighted by atomic mass is 10.1. The van der Waals surface area contributed by atoms with Crippen molar-refractivity contribution in [3.05, 3.63) is 92.8 Å².